The summed E-state index contributed by atoms with van der Waals surface area (Å²) in [5, 5.41) is 8.08. The van der Waals surface area contributed by atoms with Gasteiger partial charge in [-0.15, -0.1) is 5.11 Å². The fraction of sp³-hybridized carbons (Fsp3) is 0.481. The number of ether oxygens (including phenoxy) is 2. The number of hydrogen-bond acceptors (Lipinski definition) is 6. The lowest BCUT2D eigenvalue weighted by Gasteiger charge is -2.32. The lowest BCUT2D eigenvalue weighted by Crippen LogP contribution is -2.27. The van der Waals surface area contributed by atoms with Gasteiger partial charge in [-0.3, -0.25) is 0 Å². The van der Waals surface area contributed by atoms with E-state index >= 15 is 0 Å². The Labute approximate surface area is 241 Å². The number of methoxy groups -OCH3 is 1. The number of nitrogens with two attached hydrogens (primary N) is 1. The summed E-state index contributed by atoms with van der Waals surface area (Å²) in [7, 11) is 2.68. The number of halogens is 9. The number of hydrogen-bond donors (Lipinski definition) is 1. The molecular weight excluding hydrogens is 597 g/mol. The molecule has 1 saturated heterocycles. The molecule has 3 rings (SSSR count). The second-order valence-electron chi connectivity index (χ2n) is 9.97. The Morgan fingerprint density at radius 3 is 1.98 bits per heavy atom. The zero-order chi connectivity index (χ0) is 32.2. The third-order valence-corrected chi connectivity index (χ3v) is 6.77. The molecule has 7 nitrogen and oxygen atoms in total. The van der Waals surface area contributed by atoms with Crippen LogP contribution in [0.25, 0.3) is 0 Å². The van der Waals surface area contributed by atoms with E-state index in [1.807, 2.05) is 0 Å². The molecule has 0 aromatic heterocycles. The molecule has 0 spiro atoms. The molecular formula is C27H30F9N5O2. The van der Waals surface area contributed by atoms with Gasteiger partial charge >= 0.3 is 18.5 Å². The normalized spacial score (nSPS) is 16.0. The Hall–Kier alpha value is -3.37. The van der Waals surface area contributed by atoms with E-state index in [0.717, 1.165) is 22.2 Å². The van der Waals surface area contributed by atoms with Crippen LogP contribution in [0, 0.1) is 5.92 Å². The minimum absolute atomic E-state index is 0.0201. The fourth-order valence-corrected chi connectivity index (χ4v) is 4.75. The molecule has 238 valence electrons. The topological polar surface area (TPSA) is 75.7 Å². The van der Waals surface area contributed by atoms with Gasteiger partial charge in [0.25, 0.3) is 0 Å². The largest absolute Gasteiger partial charge is 0.416 e. The molecule has 1 aliphatic heterocycles. The Bertz CT molecular complexity index is 1250. The van der Waals surface area contributed by atoms with E-state index in [4.69, 9.17) is 15.3 Å². The van der Waals surface area contributed by atoms with Crippen LogP contribution in [-0.4, -0.2) is 37.4 Å². The highest BCUT2D eigenvalue weighted by Gasteiger charge is 2.37. The smallest absolute Gasteiger partial charge is 0.381 e. The summed E-state index contributed by atoms with van der Waals surface area (Å²) in [5.41, 5.74) is -4.15. The van der Waals surface area contributed by atoms with Gasteiger partial charge in [-0.05, 0) is 65.8 Å². The Kier molecular flexibility index (Phi) is 10.7. The van der Waals surface area contributed by atoms with Crippen molar-refractivity contribution in [3.8, 4) is 0 Å². The molecule has 1 fully saturated rings. The highest BCUT2D eigenvalue weighted by molar-refractivity contribution is 5.37. The van der Waals surface area contributed by atoms with Crippen molar-refractivity contribution >= 4 is 0 Å². The highest BCUT2D eigenvalue weighted by Crippen LogP contribution is 2.40. The second kappa shape index (κ2) is 13.5. The van der Waals surface area contributed by atoms with Crippen LogP contribution in [0.2, 0.25) is 0 Å². The summed E-state index contributed by atoms with van der Waals surface area (Å²) in [6.07, 6.45) is -14.5. The lowest BCUT2D eigenvalue weighted by molar-refractivity contribution is -0.143. The summed E-state index contributed by atoms with van der Waals surface area (Å²) in [6.45, 7) is 3.41. The molecule has 16 heteroatoms. The van der Waals surface area contributed by atoms with Crippen molar-refractivity contribution in [1.29, 1.82) is 0 Å². The van der Waals surface area contributed by atoms with E-state index in [2.05, 4.69) is 16.9 Å². The Balaban J connectivity index is 2.14. The van der Waals surface area contributed by atoms with Crippen LogP contribution in [0.4, 0.5) is 39.5 Å². The first-order chi connectivity index (χ1) is 19.9. The van der Waals surface area contributed by atoms with Crippen LogP contribution in [0.15, 0.2) is 59.1 Å². The average Bonchev–Trinajstić information content (AvgIpc) is 2.91. The minimum Gasteiger partial charge on any atom is -0.381 e. The molecule has 2 N–H and O–H groups in total. The van der Waals surface area contributed by atoms with E-state index in [0.29, 0.717) is 43.8 Å². The SMILES string of the molecule is C=C(N=NN(C)N)N(Cc1cc(C(F)(F)F)cc(C(F)(F)F)c1)Cc1cc(C(F)(F)F)ccc1C(OC)C1CCOCC1. The standard InChI is InChI=1S/C27H30F9N5O2/c1-16(38-39-40(2)37)41(14-17-10-21(26(31,32)33)13-22(11-17)27(34,35)36)15-19-12-20(25(28,29)30)4-5-23(19)24(42-3)18-6-8-43-9-7-18/h4-5,10-13,18,24H,1,6-9,14-15,37H2,2-3H3. The monoisotopic (exact) mass is 627 g/mol. The van der Waals surface area contributed by atoms with Crippen LogP contribution >= 0.6 is 0 Å². The van der Waals surface area contributed by atoms with Gasteiger partial charge in [-0.2, -0.15) is 39.5 Å². The summed E-state index contributed by atoms with van der Waals surface area (Å²) in [6, 6.07) is 4.02. The van der Waals surface area contributed by atoms with Crippen molar-refractivity contribution in [1.82, 2.24) is 10.0 Å². The number of alkyl halides is 9. The van der Waals surface area contributed by atoms with E-state index in [1.54, 1.807) is 0 Å². The molecule has 0 radical (unpaired) electrons. The van der Waals surface area contributed by atoms with Crippen LogP contribution in [0.5, 0.6) is 0 Å². The van der Waals surface area contributed by atoms with Gasteiger partial charge in [0.05, 0.1) is 22.8 Å². The molecule has 0 aliphatic carbocycles. The number of rotatable bonds is 10. The average molecular weight is 628 g/mol. The van der Waals surface area contributed by atoms with Gasteiger partial charge in [-0.1, -0.05) is 17.9 Å². The molecule has 1 aliphatic rings. The molecule has 0 saturated carbocycles. The van der Waals surface area contributed by atoms with Crippen molar-refractivity contribution in [3.05, 3.63) is 82.2 Å². The van der Waals surface area contributed by atoms with Crippen LogP contribution in [0.1, 0.15) is 52.3 Å². The maximum atomic E-state index is 13.8. The molecule has 2 aromatic carbocycles. The van der Waals surface area contributed by atoms with Crippen molar-refractivity contribution in [3.63, 3.8) is 0 Å². The van der Waals surface area contributed by atoms with Gasteiger partial charge in [0.2, 0.25) is 0 Å². The number of benzene rings is 2. The first-order valence-corrected chi connectivity index (χ1v) is 12.8. The molecule has 1 atom stereocenters. The molecule has 0 amide bonds. The summed E-state index contributed by atoms with van der Waals surface area (Å²) in [4.78, 5) is 1.11. The molecule has 43 heavy (non-hydrogen) atoms. The van der Waals surface area contributed by atoms with Crippen LogP contribution < -0.4 is 5.84 Å². The third-order valence-electron chi connectivity index (χ3n) is 6.77. The van der Waals surface area contributed by atoms with E-state index in [9.17, 15) is 39.5 Å². The predicted octanol–water partition coefficient (Wildman–Crippen LogP) is 7.50. The van der Waals surface area contributed by atoms with Crippen molar-refractivity contribution in [2.24, 2.45) is 22.1 Å². The Morgan fingerprint density at radius 1 is 0.930 bits per heavy atom. The zero-order valence-electron chi connectivity index (χ0n) is 23.2. The van der Waals surface area contributed by atoms with Gasteiger partial charge in [0.15, 0.2) is 0 Å². The van der Waals surface area contributed by atoms with E-state index < -0.39 is 60.0 Å². The minimum atomic E-state index is -5.11. The number of nitrogens with zero attached hydrogens (tertiary/aromatic N) is 4. The van der Waals surface area contributed by atoms with Crippen molar-refractivity contribution in [2.75, 3.05) is 27.4 Å². The maximum absolute atomic E-state index is 13.8. The Morgan fingerprint density at radius 2 is 1.49 bits per heavy atom. The zero-order valence-corrected chi connectivity index (χ0v) is 23.2. The molecule has 0 bridgehead atoms. The summed E-state index contributed by atoms with van der Waals surface area (Å²) in [5.74, 6) is 5.01. The van der Waals surface area contributed by atoms with Gasteiger partial charge < -0.3 is 14.4 Å². The van der Waals surface area contributed by atoms with Gasteiger partial charge in [0.1, 0.15) is 5.82 Å². The van der Waals surface area contributed by atoms with Crippen molar-refractivity contribution < 1.29 is 49.0 Å². The van der Waals surface area contributed by atoms with Crippen molar-refractivity contribution in [2.45, 2.75) is 50.6 Å². The summed E-state index contributed by atoms with van der Waals surface area (Å²) < 4.78 is 133. The third kappa shape index (κ3) is 9.31. The quantitative estimate of drug-likeness (QED) is 0.128. The molecule has 1 unspecified atom stereocenters. The fourth-order valence-electron chi connectivity index (χ4n) is 4.75. The highest BCUT2D eigenvalue weighted by atomic mass is 19.4. The van der Waals surface area contributed by atoms with Crippen LogP contribution in [-0.2, 0) is 41.1 Å². The lowest BCUT2D eigenvalue weighted by atomic mass is 9.86. The first-order valence-electron chi connectivity index (χ1n) is 12.8. The second-order valence-corrected chi connectivity index (χ2v) is 9.97. The van der Waals surface area contributed by atoms with Crippen LogP contribution in [0.3, 0.4) is 0 Å². The van der Waals surface area contributed by atoms with Gasteiger partial charge in [0, 0.05) is 40.5 Å². The number of hydrazine groups is 1. The first kappa shape index (κ1) is 34.1. The summed E-state index contributed by atoms with van der Waals surface area (Å²) >= 11 is 0. The van der Waals surface area contributed by atoms with Gasteiger partial charge in [-0.25, -0.2) is 11.0 Å². The molecule has 1 heterocycles. The van der Waals surface area contributed by atoms with E-state index in [1.165, 1.54) is 20.2 Å². The molecule has 2 aromatic rings. The van der Waals surface area contributed by atoms with E-state index in [-0.39, 0.29) is 23.4 Å². The predicted molar refractivity (Wildman–Crippen MR) is 136 cm³/mol. The maximum Gasteiger partial charge on any atom is 0.416 e.